The molecule has 0 aliphatic rings. The monoisotopic (exact) mass is 520 g/mol. The molecule has 0 fully saturated rings. The third-order valence-electron chi connectivity index (χ3n) is 5.12. The Hall–Kier alpha value is -2.74. The van der Waals surface area contributed by atoms with Crippen molar-refractivity contribution in [2.24, 2.45) is 0 Å². The molecule has 0 aliphatic carbocycles. The molecule has 0 unspecified atom stereocenters. The smallest absolute Gasteiger partial charge is 0.264 e. The average Bonchev–Trinajstić information content (AvgIpc) is 2.79. The van der Waals surface area contributed by atoms with Crippen molar-refractivity contribution in [2.45, 2.75) is 25.7 Å². The summed E-state index contributed by atoms with van der Waals surface area (Å²) in [7, 11) is -4.09. The van der Waals surface area contributed by atoms with Crippen LogP contribution in [0, 0.1) is 20.8 Å². The highest BCUT2D eigenvalue weighted by Crippen LogP contribution is 2.35. The summed E-state index contributed by atoms with van der Waals surface area (Å²) in [6.07, 6.45) is 0. The van der Waals surface area contributed by atoms with Gasteiger partial charge in [-0.25, -0.2) is 8.42 Å². The van der Waals surface area contributed by atoms with Crippen LogP contribution in [-0.4, -0.2) is 34.0 Å². The fraction of sp³-hybridized carbons (Fsp3) is 0.240. The predicted molar refractivity (Wildman–Crippen MR) is 137 cm³/mol. The summed E-state index contributed by atoms with van der Waals surface area (Å²) >= 11 is 12.4. The number of carbonyl (C=O) groups excluding carboxylic acids is 1. The summed E-state index contributed by atoms with van der Waals surface area (Å²) in [6, 6.07) is 16.9. The lowest BCUT2D eigenvalue weighted by atomic mass is 10.1. The maximum absolute atomic E-state index is 13.4. The zero-order chi connectivity index (χ0) is 24.9. The third kappa shape index (κ3) is 6.23. The van der Waals surface area contributed by atoms with Crippen LogP contribution in [0.15, 0.2) is 65.6 Å². The fourth-order valence-corrected chi connectivity index (χ4v) is 5.10. The minimum absolute atomic E-state index is 0.0419. The van der Waals surface area contributed by atoms with Crippen molar-refractivity contribution in [2.75, 3.05) is 24.0 Å². The molecular formula is C25H26Cl2N2O4S. The van der Waals surface area contributed by atoms with Gasteiger partial charge in [0.05, 0.1) is 27.2 Å². The standard InChI is InChI=1S/C25H26Cl2N2O4S/c1-17-8-11-20(12-9-17)34(31,32)29(22-6-4-5-21(26)25(22)27)16-24(30)28-13-14-33-23-15-18(2)7-10-19(23)3/h4-12,15H,13-14,16H2,1-3H3,(H,28,30). The number of amides is 1. The van der Waals surface area contributed by atoms with Crippen LogP contribution in [0.25, 0.3) is 0 Å². The van der Waals surface area contributed by atoms with Crippen molar-refractivity contribution < 1.29 is 17.9 Å². The van der Waals surface area contributed by atoms with E-state index in [2.05, 4.69) is 5.32 Å². The van der Waals surface area contributed by atoms with Crippen LogP contribution in [0.1, 0.15) is 16.7 Å². The van der Waals surface area contributed by atoms with Gasteiger partial charge in [-0.1, -0.05) is 59.1 Å². The van der Waals surface area contributed by atoms with E-state index in [0.29, 0.717) is 0 Å². The minimum atomic E-state index is -4.09. The van der Waals surface area contributed by atoms with Gasteiger partial charge in [0, 0.05) is 0 Å². The molecule has 0 atom stereocenters. The summed E-state index contributed by atoms with van der Waals surface area (Å²) in [5, 5.41) is 2.94. The normalized spacial score (nSPS) is 11.2. The lowest BCUT2D eigenvalue weighted by molar-refractivity contribution is -0.119. The molecule has 3 aromatic carbocycles. The highest BCUT2D eigenvalue weighted by atomic mass is 35.5. The van der Waals surface area contributed by atoms with Gasteiger partial charge in [0.1, 0.15) is 18.9 Å². The zero-order valence-electron chi connectivity index (χ0n) is 19.1. The van der Waals surface area contributed by atoms with Gasteiger partial charge in [0.2, 0.25) is 5.91 Å². The predicted octanol–water partition coefficient (Wildman–Crippen LogP) is 5.31. The van der Waals surface area contributed by atoms with E-state index in [9.17, 15) is 13.2 Å². The number of nitrogens with one attached hydrogen (secondary N) is 1. The van der Waals surface area contributed by atoms with E-state index in [1.807, 2.05) is 39.0 Å². The molecule has 0 aliphatic heterocycles. The van der Waals surface area contributed by atoms with E-state index < -0.39 is 22.5 Å². The van der Waals surface area contributed by atoms with Gasteiger partial charge >= 0.3 is 0 Å². The van der Waals surface area contributed by atoms with Crippen molar-refractivity contribution in [1.29, 1.82) is 0 Å². The number of ether oxygens (including phenoxy) is 1. The largest absolute Gasteiger partial charge is 0.491 e. The van der Waals surface area contributed by atoms with Crippen molar-refractivity contribution in [1.82, 2.24) is 5.32 Å². The lowest BCUT2D eigenvalue weighted by Gasteiger charge is -2.25. The molecule has 0 saturated heterocycles. The first-order chi connectivity index (χ1) is 16.1. The molecule has 9 heteroatoms. The number of aryl methyl sites for hydroxylation is 3. The molecule has 0 aromatic heterocycles. The number of benzene rings is 3. The molecule has 3 rings (SSSR count). The number of hydrogen-bond acceptors (Lipinski definition) is 4. The average molecular weight is 521 g/mol. The van der Waals surface area contributed by atoms with Crippen LogP contribution < -0.4 is 14.4 Å². The second-order valence-electron chi connectivity index (χ2n) is 7.87. The van der Waals surface area contributed by atoms with E-state index in [1.54, 1.807) is 24.3 Å². The SMILES string of the molecule is Cc1ccc(S(=O)(=O)N(CC(=O)NCCOc2cc(C)ccc2C)c2cccc(Cl)c2Cl)cc1. The minimum Gasteiger partial charge on any atom is -0.491 e. The third-order valence-corrected chi connectivity index (χ3v) is 7.70. The quantitative estimate of drug-likeness (QED) is 0.388. The molecule has 180 valence electrons. The van der Waals surface area contributed by atoms with Crippen LogP contribution in [0.4, 0.5) is 5.69 Å². The highest BCUT2D eigenvalue weighted by Gasteiger charge is 2.29. The molecule has 0 radical (unpaired) electrons. The number of halogens is 2. The number of sulfonamides is 1. The Morgan fingerprint density at radius 2 is 1.65 bits per heavy atom. The maximum Gasteiger partial charge on any atom is 0.264 e. The molecular weight excluding hydrogens is 495 g/mol. The Balaban J connectivity index is 1.76. The van der Waals surface area contributed by atoms with Crippen LogP contribution >= 0.6 is 23.2 Å². The topological polar surface area (TPSA) is 75.7 Å². The van der Waals surface area contributed by atoms with E-state index in [1.165, 1.54) is 18.2 Å². The molecule has 34 heavy (non-hydrogen) atoms. The van der Waals surface area contributed by atoms with Gasteiger partial charge in [-0.15, -0.1) is 0 Å². The molecule has 0 saturated carbocycles. The number of hydrogen-bond donors (Lipinski definition) is 1. The second kappa shape index (κ2) is 11.1. The van der Waals surface area contributed by atoms with Gasteiger partial charge in [-0.05, 0) is 62.2 Å². The fourth-order valence-electron chi connectivity index (χ4n) is 3.22. The highest BCUT2D eigenvalue weighted by molar-refractivity contribution is 7.92. The first-order valence-electron chi connectivity index (χ1n) is 10.6. The Morgan fingerprint density at radius 1 is 0.971 bits per heavy atom. The molecule has 1 N–H and O–H groups in total. The van der Waals surface area contributed by atoms with E-state index >= 15 is 0 Å². The maximum atomic E-state index is 13.4. The Kier molecular flexibility index (Phi) is 8.47. The van der Waals surface area contributed by atoms with Crippen LogP contribution in [0.2, 0.25) is 10.0 Å². The van der Waals surface area contributed by atoms with Crippen LogP contribution in [0.3, 0.4) is 0 Å². The van der Waals surface area contributed by atoms with Crippen molar-refractivity contribution in [3.8, 4) is 5.75 Å². The summed E-state index contributed by atoms with van der Waals surface area (Å²) in [4.78, 5) is 12.8. The molecule has 0 spiro atoms. The molecule has 0 bridgehead atoms. The van der Waals surface area contributed by atoms with Crippen molar-refractivity contribution >= 4 is 44.8 Å². The Morgan fingerprint density at radius 3 is 2.35 bits per heavy atom. The van der Waals surface area contributed by atoms with Crippen molar-refractivity contribution in [3.63, 3.8) is 0 Å². The van der Waals surface area contributed by atoms with Crippen molar-refractivity contribution in [3.05, 3.63) is 87.4 Å². The number of anilines is 1. The zero-order valence-corrected chi connectivity index (χ0v) is 21.5. The van der Waals surface area contributed by atoms with Gasteiger partial charge in [0.15, 0.2) is 0 Å². The number of rotatable bonds is 9. The first-order valence-corrected chi connectivity index (χ1v) is 12.8. The van der Waals surface area contributed by atoms with Crippen LogP contribution in [0.5, 0.6) is 5.75 Å². The molecule has 6 nitrogen and oxygen atoms in total. The van der Waals surface area contributed by atoms with Gasteiger partial charge in [-0.3, -0.25) is 9.10 Å². The van der Waals surface area contributed by atoms with Gasteiger partial charge in [0.25, 0.3) is 10.0 Å². The first kappa shape index (κ1) is 25.9. The second-order valence-corrected chi connectivity index (χ2v) is 10.5. The summed E-state index contributed by atoms with van der Waals surface area (Å²) < 4.78 is 33.6. The lowest BCUT2D eigenvalue weighted by Crippen LogP contribution is -2.42. The van der Waals surface area contributed by atoms with Gasteiger partial charge in [-0.2, -0.15) is 0 Å². The summed E-state index contributed by atoms with van der Waals surface area (Å²) in [6.45, 7) is 5.73. The van der Waals surface area contributed by atoms with E-state index in [4.69, 9.17) is 27.9 Å². The number of carbonyl (C=O) groups is 1. The van der Waals surface area contributed by atoms with Crippen LogP contribution in [-0.2, 0) is 14.8 Å². The van der Waals surface area contributed by atoms with E-state index in [-0.39, 0.29) is 33.8 Å². The van der Waals surface area contributed by atoms with E-state index in [0.717, 1.165) is 26.7 Å². The molecule has 0 heterocycles. The Bertz CT molecular complexity index is 1280. The molecule has 1 amide bonds. The van der Waals surface area contributed by atoms with Gasteiger partial charge < -0.3 is 10.1 Å². The summed E-state index contributed by atoms with van der Waals surface area (Å²) in [5.74, 6) is 0.236. The molecule has 3 aromatic rings. The number of nitrogens with zero attached hydrogens (tertiary/aromatic N) is 1. The summed E-state index contributed by atoms with van der Waals surface area (Å²) in [5.41, 5.74) is 3.09. The Labute approximate surface area is 210 Å².